The van der Waals surface area contributed by atoms with Crippen LogP contribution in [-0.4, -0.2) is 34.8 Å². The second-order valence-electron chi connectivity index (χ2n) is 10.8. The number of rotatable bonds is 6. The fraction of sp³-hybridized carbons (Fsp3) is 0.265. The van der Waals surface area contributed by atoms with E-state index >= 15 is 0 Å². The van der Waals surface area contributed by atoms with Gasteiger partial charge >= 0.3 is 0 Å². The first-order valence-electron chi connectivity index (χ1n) is 13.7. The van der Waals surface area contributed by atoms with Gasteiger partial charge in [-0.3, -0.25) is 9.69 Å². The lowest BCUT2D eigenvalue weighted by Crippen LogP contribution is -2.48. The van der Waals surface area contributed by atoms with Gasteiger partial charge in [0.1, 0.15) is 5.82 Å². The smallest absolute Gasteiger partial charge is 0.237 e. The maximum absolute atomic E-state index is 14.8. The van der Waals surface area contributed by atoms with Crippen molar-refractivity contribution in [1.29, 1.82) is 0 Å². The molecule has 4 aromatic rings. The lowest BCUT2D eigenvalue weighted by Gasteiger charge is -2.42. The van der Waals surface area contributed by atoms with Crippen LogP contribution in [-0.2, 0) is 24.2 Å². The number of nitrogens with zero attached hydrogens (tertiary/aromatic N) is 2. The molecule has 1 aliphatic heterocycles. The molecule has 0 N–H and O–H groups in total. The van der Waals surface area contributed by atoms with Gasteiger partial charge in [-0.1, -0.05) is 103 Å². The number of benzene rings is 4. The van der Waals surface area contributed by atoms with Crippen LogP contribution in [0.15, 0.2) is 97.1 Å². The lowest BCUT2D eigenvalue weighted by atomic mass is 9.83. The van der Waals surface area contributed by atoms with Gasteiger partial charge in [-0.2, -0.15) is 0 Å². The largest absolute Gasteiger partial charge is 0.333 e. The molecule has 0 saturated heterocycles. The van der Waals surface area contributed by atoms with Crippen LogP contribution in [0.1, 0.15) is 52.3 Å². The van der Waals surface area contributed by atoms with Crippen molar-refractivity contribution in [2.24, 2.45) is 0 Å². The number of carbonyl (C=O) groups is 1. The molecule has 0 spiro atoms. The van der Waals surface area contributed by atoms with Gasteiger partial charge in [-0.25, -0.2) is 4.39 Å². The van der Waals surface area contributed by atoms with Gasteiger partial charge in [-0.05, 0) is 58.7 Å². The minimum absolute atomic E-state index is 0.0113. The number of halogens is 2. The minimum atomic E-state index is -0.278. The van der Waals surface area contributed by atoms with Crippen molar-refractivity contribution in [2.75, 3.05) is 13.1 Å². The van der Waals surface area contributed by atoms with Crippen LogP contribution in [0.3, 0.4) is 0 Å². The summed E-state index contributed by atoms with van der Waals surface area (Å²) in [5.41, 5.74) is 6.56. The number of carbonyl (C=O) groups excluding carboxylic acids is 1. The highest BCUT2D eigenvalue weighted by atomic mass is 35.5. The van der Waals surface area contributed by atoms with Crippen LogP contribution in [0, 0.1) is 5.82 Å². The molecule has 2 atom stereocenters. The number of fused-ring (bicyclic) bond motifs is 2. The minimum Gasteiger partial charge on any atom is -0.333 e. The van der Waals surface area contributed by atoms with E-state index in [1.807, 2.05) is 41.3 Å². The van der Waals surface area contributed by atoms with Crippen LogP contribution in [0.4, 0.5) is 4.39 Å². The maximum atomic E-state index is 14.8. The Balaban J connectivity index is 1.34. The topological polar surface area (TPSA) is 23.6 Å². The van der Waals surface area contributed by atoms with Crippen molar-refractivity contribution in [1.82, 2.24) is 9.80 Å². The summed E-state index contributed by atoms with van der Waals surface area (Å²) in [4.78, 5) is 18.4. The van der Waals surface area contributed by atoms with Crippen molar-refractivity contribution >= 4 is 17.5 Å². The molecule has 0 bridgehead atoms. The van der Waals surface area contributed by atoms with Crippen molar-refractivity contribution in [3.8, 4) is 0 Å². The Morgan fingerprint density at radius 3 is 2.13 bits per heavy atom. The standard InChI is InChI=1S/C34H32ClFN2O/c1-23-20-37(34(29-14-6-5-13-28(23)29)30-15-7-8-16-31(30)35)22-33(39)38(21-26-12-4-9-17-32(26)36)27-18-24-10-2-3-11-25(24)19-27/h2-17,23,27,34H,18-22H2,1H3. The summed E-state index contributed by atoms with van der Waals surface area (Å²) in [6, 6.07) is 31.4. The average Bonchev–Trinajstić information content (AvgIpc) is 3.37. The second kappa shape index (κ2) is 11.0. The van der Waals surface area contributed by atoms with E-state index in [1.54, 1.807) is 12.1 Å². The molecule has 1 aliphatic carbocycles. The van der Waals surface area contributed by atoms with Crippen molar-refractivity contribution in [3.63, 3.8) is 0 Å². The molecule has 2 aliphatic rings. The van der Waals surface area contributed by atoms with Gasteiger partial charge in [0.2, 0.25) is 5.91 Å². The molecule has 39 heavy (non-hydrogen) atoms. The normalized spacial score (nSPS) is 18.9. The van der Waals surface area contributed by atoms with Gasteiger partial charge in [0.25, 0.3) is 0 Å². The highest BCUT2D eigenvalue weighted by Gasteiger charge is 2.37. The summed E-state index contributed by atoms with van der Waals surface area (Å²) >= 11 is 6.74. The Bertz CT molecular complexity index is 1480. The molecule has 3 nitrogen and oxygen atoms in total. The molecule has 198 valence electrons. The summed E-state index contributed by atoms with van der Waals surface area (Å²) < 4.78 is 14.8. The molecule has 4 aromatic carbocycles. The summed E-state index contributed by atoms with van der Waals surface area (Å²) in [6.45, 7) is 3.43. The SMILES string of the molecule is CC1CN(CC(=O)N(Cc2ccccc2F)C2Cc3ccccc3C2)C(c2ccccc2Cl)c2ccccc21. The monoisotopic (exact) mass is 538 g/mol. The first-order valence-corrected chi connectivity index (χ1v) is 14.0. The number of hydrogen-bond donors (Lipinski definition) is 0. The average molecular weight is 539 g/mol. The van der Waals surface area contributed by atoms with Gasteiger partial charge < -0.3 is 4.90 Å². The molecule has 0 fully saturated rings. The number of amides is 1. The van der Waals surface area contributed by atoms with Crippen molar-refractivity contribution in [3.05, 3.63) is 141 Å². The molecule has 1 heterocycles. The Hall–Kier alpha value is -3.47. The molecule has 0 saturated carbocycles. The van der Waals surface area contributed by atoms with E-state index in [0.29, 0.717) is 10.6 Å². The fourth-order valence-electron chi connectivity index (χ4n) is 6.43. The van der Waals surface area contributed by atoms with E-state index in [2.05, 4.69) is 54.3 Å². The number of hydrogen-bond acceptors (Lipinski definition) is 2. The molecule has 6 rings (SSSR count). The maximum Gasteiger partial charge on any atom is 0.237 e. The van der Waals surface area contributed by atoms with Gasteiger partial charge in [0.05, 0.1) is 12.6 Å². The molecule has 0 radical (unpaired) electrons. The predicted molar refractivity (Wildman–Crippen MR) is 154 cm³/mol. The van der Waals surface area contributed by atoms with E-state index < -0.39 is 0 Å². The molecule has 1 amide bonds. The molecule has 2 unspecified atom stereocenters. The molecule has 5 heteroatoms. The predicted octanol–water partition coefficient (Wildman–Crippen LogP) is 7.18. The molecular formula is C34H32ClFN2O. The summed E-state index contributed by atoms with van der Waals surface area (Å²) in [5.74, 6) is 0.00321. The fourth-order valence-corrected chi connectivity index (χ4v) is 6.67. The zero-order valence-corrected chi connectivity index (χ0v) is 22.8. The Morgan fingerprint density at radius 1 is 0.846 bits per heavy atom. The van der Waals surface area contributed by atoms with Crippen LogP contribution in [0.2, 0.25) is 5.02 Å². The summed E-state index contributed by atoms with van der Waals surface area (Å²) in [7, 11) is 0. The highest BCUT2D eigenvalue weighted by Crippen LogP contribution is 2.42. The lowest BCUT2D eigenvalue weighted by molar-refractivity contribution is -0.136. The van der Waals surface area contributed by atoms with Gasteiger partial charge in [0, 0.05) is 29.7 Å². The third-order valence-electron chi connectivity index (χ3n) is 8.32. The van der Waals surface area contributed by atoms with Gasteiger partial charge in [0.15, 0.2) is 0 Å². The second-order valence-corrected chi connectivity index (χ2v) is 11.2. The third kappa shape index (κ3) is 5.11. The van der Waals surface area contributed by atoms with E-state index in [-0.39, 0.29) is 42.8 Å². The quantitative estimate of drug-likeness (QED) is 0.259. The Labute approximate surface area is 234 Å². The van der Waals surface area contributed by atoms with E-state index in [0.717, 1.165) is 24.9 Å². The Morgan fingerprint density at radius 2 is 1.44 bits per heavy atom. The first-order chi connectivity index (χ1) is 19.0. The Kier molecular flexibility index (Phi) is 7.24. The highest BCUT2D eigenvalue weighted by molar-refractivity contribution is 6.31. The third-order valence-corrected chi connectivity index (χ3v) is 8.67. The molecule has 0 aromatic heterocycles. The van der Waals surface area contributed by atoms with E-state index in [1.165, 1.54) is 28.3 Å². The van der Waals surface area contributed by atoms with E-state index in [4.69, 9.17) is 11.6 Å². The van der Waals surface area contributed by atoms with E-state index in [9.17, 15) is 9.18 Å². The van der Waals surface area contributed by atoms with Gasteiger partial charge in [-0.15, -0.1) is 0 Å². The summed E-state index contributed by atoms with van der Waals surface area (Å²) in [6.07, 6.45) is 1.56. The van der Waals surface area contributed by atoms with Crippen molar-refractivity contribution in [2.45, 2.75) is 44.3 Å². The first kappa shape index (κ1) is 25.8. The van der Waals surface area contributed by atoms with Crippen LogP contribution in [0.5, 0.6) is 0 Å². The molecular weight excluding hydrogens is 507 g/mol. The summed E-state index contributed by atoms with van der Waals surface area (Å²) in [5, 5.41) is 0.693. The zero-order chi connectivity index (χ0) is 26.9. The van der Waals surface area contributed by atoms with Crippen LogP contribution < -0.4 is 0 Å². The zero-order valence-electron chi connectivity index (χ0n) is 22.1. The van der Waals surface area contributed by atoms with Crippen LogP contribution >= 0.6 is 11.6 Å². The van der Waals surface area contributed by atoms with Crippen molar-refractivity contribution < 1.29 is 9.18 Å². The van der Waals surface area contributed by atoms with Crippen LogP contribution in [0.25, 0.3) is 0 Å².